The molecule has 1 aliphatic rings. The zero-order chi connectivity index (χ0) is 17.9. The molecule has 3 aromatic rings. The second-order valence-corrected chi connectivity index (χ2v) is 7.53. The van der Waals surface area contributed by atoms with Crippen LogP contribution in [0.1, 0.15) is 27.6 Å². The van der Waals surface area contributed by atoms with E-state index in [1.165, 1.54) is 6.07 Å². The Balaban J connectivity index is 1.51. The summed E-state index contributed by atoms with van der Waals surface area (Å²) in [6.45, 7) is 1.27. The van der Waals surface area contributed by atoms with Gasteiger partial charge in [-0.15, -0.1) is 0 Å². The third kappa shape index (κ3) is 3.42. The van der Waals surface area contributed by atoms with E-state index in [9.17, 15) is 9.18 Å². The van der Waals surface area contributed by atoms with Gasteiger partial charge in [-0.25, -0.2) is 4.39 Å². The number of fused-ring (bicyclic) bond motifs is 1. The highest BCUT2D eigenvalue weighted by Crippen LogP contribution is 2.35. The van der Waals surface area contributed by atoms with Crippen LogP contribution in [0.4, 0.5) is 4.39 Å². The van der Waals surface area contributed by atoms with E-state index in [4.69, 9.17) is 0 Å². The fourth-order valence-corrected chi connectivity index (χ4v) is 4.49. The number of carbonyl (C=O) groups is 1. The number of nitrogens with zero attached hydrogens (tertiary/aromatic N) is 3. The Kier molecular flexibility index (Phi) is 4.84. The minimum absolute atomic E-state index is 0.00710. The number of halogens is 1. The first kappa shape index (κ1) is 17.0. The summed E-state index contributed by atoms with van der Waals surface area (Å²) in [5.74, 6) is 0.614. The fourth-order valence-electron chi connectivity index (χ4n) is 3.24. The SMILES string of the molecule is O=C(c1ccc2nccnc2c1)N1CCSC(c2ccccc2F)CC1. The highest BCUT2D eigenvalue weighted by molar-refractivity contribution is 7.99. The summed E-state index contributed by atoms with van der Waals surface area (Å²) in [5.41, 5.74) is 2.84. The fraction of sp³-hybridized carbons (Fsp3) is 0.250. The van der Waals surface area contributed by atoms with Crippen LogP contribution in [0.3, 0.4) is 0 Å². The van der Waals surface area contributed by atoms with Crippen molar-refractivity contribution in [2.24, 2.45) is 0 Å². The van der Waals surface area contributed by atoms with Gasteiger partial charge in [0.15, 0.2) is 0 Å². The lowest BCUT2D eigenvalue weighted by atomic mass is 10.1. The quantitative estimate of drug-likeness (QED) is 0.684. The van der Waals surface area contributed by atoms with Crippen LogP contribution < -0.4 is 0 Å². The molecule has 1 aliphatic heterocycles. The maximum absolute atomic E-state index is 14.1. The molecule has 132 valence electrons. The smallest absolute Gasteiger partial charge is 0.253 e. The lowest BCUT2D eigenvalue weighted by molar-refractivity contribution is 0.0766. The van der Waals surface area contributed by atoms with E-state index in [1.807, 2.05) is 23.1 Å². The van der Waals surface area contributed by atoms with Gasteiger partial charge in [-0.1, -0.05) is 18.2 Å². The molecule has 1 saturated heterocycles. The van der Waals surface area contributed by atoms with Crippen molar-refractivity contribution in [3.63, 3.8) is 0 Å². The molecular weight excluding hydrogens is 349 g/mol. The van der Waals surface area contributed by atoms with E-state index in [0.717, 1.165) is 23.3 Å². The van der Waals surface area contributed by atoms with E-state index in [0.29, 0.717) is 24.2 Å². The number of aromatic nitrogens is 2. The first-order chi connectivity index (χ1) is 12.7. The van der Waals surface area contributed by atoms with Crippen molar-refractivity contribution < 1.29 is 9.18 Å². The number of benzene rings is 2. The molecule has 4 rings (SSSR count). The average molecular weight is 367 g/mol. The van der Waals surface area contributed by atoms with Crippen LogP contribution in [0.2, 0.25) is 0 Å². The minimum atomic E-state index is -0.169. The van der Waals surface area contributed by atoms with Gasteiger partial charge in [0.1, 0.15) is 5.82 Å². The monoisotopic (exact) mass is 367 g/mol. The molecule has 2 aromatic carbocycles. The van der Waals surface area contributed by atoms with Crippen LogP contribution in [0.25, 0.3) is 11.0 Å². The van der Waals surface area contributed by atoms with E-state index in [1.54, 1.807) is 42.4 Å². The third-order valence-electron chi connectivity index (χ3n) is 4.60. The van der Waals surface area contributed by atoms with Gasteiger partial charge in [0.25, 0.3) is 5.91 Å². The van der Waals surface area contributed by atoms with Crippen LogP contribution >= 0.6 is 11.8 Å². The Labute approximate surface area is 155 Å². The van der Waals surface area contributed by atoms with Crippen molar-refractivity contribution in [1.82, 2.24) is 14.9 Å². The molecule has 0 aliphatic carbocycles. The molecule has 6 heteroatoms. The summed E-state index contributed by atoms with van der Waals surface area (Å²) < 4.78 is 14.1. The molecule has 1 atom stereocenters. The molecule has 26 heavy (non-hydrogen) atoms. The van der Waals surface area contributed by atoms with Gasteiger partial charge in [0.05, 0.1) is 11.0 Å². The zero-order valence-corrected chi connectivity index (χ0v) is 15.0. The second-order valence-electron chi connectivity index (χ2n) is 6.22. The molecule has 0 spiro atoms. The highest BCUT2D eigenvalue weighted by Gasteiger charge is 2.24. The van der Waals surface area contributed by atoms with Gasteiger partial charge in [-0.05, 0) is 30.7 Å². The average Bonchev–Trinajstić information content (AvgIpc) is 2.93. The Hall–Kier alpha value is -2.47. The van der Waals surface area contributed by atoms with Gasteiger partial charge in [0.2, 0.25) is 0 Å². The van der Waals surface area contributed by atoms with Crippen LogP contribution in [-0.2, 0) is 0 Å². The van der Waals surface area contributed by atoms with Crippen LogP contribution in [0.15, 0.2) is 54.9 Å². The Bertz CT molecular complexity index is 949. The highest BCUT2D eigenvalue weighted by atomic mass is 32.2. The Morgan fingerprint density at radius 3 is 2.73 bits per heavy atom. The predicted octanol–water partition coefficient (Wildman–Crippen LogP) is 4.09. The number of rotatable bonds is 2. The lowest BCUT2D eigenvalue weighted by Crippen LogP contribution is -2.33. The first-order valence-electron chi connectivity index (χ1n) is 8.58. The number of hydrogen-bond donors (Lipinski definition) is 0. The van der Waals surface area contributed by atoms with Gasteiger partial charge in [0, 0.05) is 47.6 Å². The van der Waals surface area contributed by atoms with Crippen LogP contribution in [-0.4, -0.2) is 39.6 Å². The summed E-state index contributed by atoms with van der Waals surface area (Å²) in [6, 6.07) is 12.3. The molecule has 0 bridgehead atoms. The number of hydrogen-bond acceptors (Lipinski definition) is 4. The molecular formula is C20H18FN3OS. The third-order valence-corrected chi connectivity index (χ3v) is 5.91. The molecule has 1 unspecified atom stereocenters. The largest absolute Gasteiger partial charge is 0.338 e. The second kappa shape index (κ2) is 7.41. The summed E-state index contributed by atoms with van der Waals surface area (Å²) in [4.78, 5) is 23.3. The maximum Gasteiger partial charge on any atom is 0.253 e. The normalized spacial score (nSPS) is 17.9. The maximum atomic E-state index is 14.1. The van der Waals surface area contributed by atoms with E-state index >= 15 is 0 Å². The van der Waals surface area contributed by atoms with Crippen molar-refractivity contribution in [1.29, 1.82) is 0 Å². The molecule has 1 fully saturated rings. The zero-order valence-electron chi connectivity index (χ0n) is 14.1. The van der Waals surface area contributed by atoms with Gasteiger partial charge in [-0.2, -0.15) is 11.8 Å². The molecule has 1 aromatic heterocycles. The van der Waals surface area contributed by atoms with Gasteiger partial charge < -0.3 is 4.90 Å². The van der Waals surface area contributed by atoms with E-state index < -0.39 is 0 Å². The first-order valence-corrected chi connectivity index (χ1v) is 9.63. The summed E-state index contributed by atoms with van der Waals surface area (Å²) >= 11 is 1.71. The lowest BCUT2D eigenvalue weighted by Gasteiger charge is -2.20. The minimum Gasteiger partial charge on any atom is -0.338 e. The summed E-state index contributed by atoms with van der Waals surface area (Å²) in [5, 5.41) is 0.0801. The van der Waals surface area contributed by atoms with Crippen molar-refractivity contribution in [2.45, 2.75) is 11.7 Å². The van der Waals surface area contributed by atoms with Crippen molar-refractivity contribution in [2.75, 3.05) is 18.8 Å². The van der Waals surface area contributed by atoms with Crippen molar-refractivity contribution in [3.8, 4) is 0 Å². The summed E-state index contributed by atoms with van der Waals surface area (Å²) in [7, 11) is 0. The van der Waals surface area contributed by atoms with Crippen molar-refractivity contribution in [3.05, 3.63) is 71.8 Å². The van der Waals surface area contributed by atoms with E-state index in [2.05, 4.69) is 9.97 Å². The van der Waals surface area contributed by atoms with Gasteiger partial charge >= 0.3 is 0 Å². The molecule has 0 N–H and O–H groups in total. The predicted molar refractivity (Wildman–Crippen MR) is 102 cm³/mol. The number of thioether (sulfide) groups is 1. The Morgan fingerprint density at radius 1 is 1.08 bits per heavy atom. The summed E-state index contributed by atoms with van der Waals surface area (Å²) in [6.07, 6.45) is 4.00. The number of amides is 1. The molecule has 1 amide bonds. The molecule has 0 radical (unpaired) electrons. The standard InChI is InChI=1S/C20H18FN3OS/c21-16-4-2-1-3-15(16)19-7-10-24(11-12-26-19)20(25)14-5-6-17-18(13-14)23-9-8-22-17/h1-6,8-9,13,19H,7,10-12H2. The van der Waals surface area contributed by atoms with Crippen LogP contribution in [0, 0.1) is 5.82 Å². The van der Waals surface area contributed by atoms with Crippen molar-refractivity contribution >= 4 is 28.7 Å². The molecule has 2 heterocycles. The van der Waals surface area contributed by atoms with E-state index in [-0.39, 0.29) is 17.0 Å². The topological polar surface area (TPSA) is 46.1 Å². The van der Waals surface area contributed by atoms with Gasteiger partial charge in [-0.3, -0.25) is 14.8 Å². The molecule has 4 nitrogen and oxygen atoms in total. The van der Waals surface area contributed by atoms with Crippen LogP contribution in [0.5, 0.6) is 0 Å². The number of carbonyl (C=O) groups excluding carboxylic acids is 1. The molecule has 0 saturated carbocycles. The Morgan fingerprint density at radius 2 is 1.88 bits per heavy atom.